The van der Waals surface area contributed by atoms with Crippen LogP contribution in [0.15, 0.2) is 0 Å². The zero-order chi connectivity index (χ0) is 14.0. The standard InChI is InChI=1S/C15H28N2O2/c1-15(2)11-17(10-9-16(15)3)13-8-6-4-5-7-12(13)14(18)19/h12-13H,4-11H2,1-3H3,(H,18,19). The van der Waals surface area contributed by atoms with E-state index in [4.69, 9.17) is 0 Å². The Bertz CT molecular complexity index is 330. The van der Waals surface area contributed by atoms with E-state index in [1.165, 1.54) is 12.8 Å². The van der Waals surface area contributed by atoms with Crippen molar-refractivity contribution in [1.82, 2.24) is 9.80 Å². The van der Waals surface area contributed by atoms with Crippen LogP contribution in [0.4, 0.5) is 0 Å². The van der Waals surface area contributed by atoms with Gasteiger partial charge in [0.05, 0.1) is 5.92 Å². The van der Waals surface area contributed by atoms with Crippen LogP contribution in [0, 0.1) is 5.92 Å². The first kappa shape index (κ1) is 14.8. The predicted octanol–water partition coefficient (Wildman–Crippen LogP) is 2.05. The molecule has 2 unspecified atom stereocenters. The Hall–Kier alpha value is -0.610. The van der Waals surface area contributed by atoms with Crippen LogP contribution in [0.25, 0.3) is 0 Å². The summed E-state index contributed by atoms with van der Waals surface area (Å²) < 4.78 is 0. The number of piperazine rings is 1. The molecule has 1 N–H and O–H groups in total. The first-order valence-electron chi connectivity index (χ1n) is 7.60. The molecule has 1 aliphatic carbocycles. The average Bonchev–Trinajstić information content (AvgIpc) is 2.58. The summed E-state index contributed by atoms with van der Waals surface area (Å²) in [4.78, 5) is 16.4. The number of nitrogens with zero attached hydrogens (tertiary/aromatic N) is 2. The van der Waals surface area contributed by atoms with Gasteiger partial charge in [0.1, 0.15) is 0 Å². The van der Waals surface area contributed by atoms with Crippen molar-refractivity contribution in [2.75, 3.05) is 26.7 Å². The molecule has 1 aliphatic heterocycles. The number of hydrogen-bond acceptors (Lipinski definition) is 3. The topological polar surface area (TPSA) is 43.8 Å². The summed E-state index contributed by atoms with van der Waals surface area (Å²) in [5, 5.41) is 9.51. The second-order valence-corrected chi connectivity index (χ2v) is 6.85. The van der Waals surface area contributed by atoms with Crippen LogP contribution in [0.2, 0.25) is 0 Å². The normalized spacial score (nSPS) is 33.8. The lowest BCUT2D eigenvalue weighted by Gasteiger charge is -2.48. The Morgan fingerprint density at radius 3 is 2.47 bits per heavy atom. The van der Waals surface area contributed by atoms with Gasteiger partial charge in [-0.05, 0) is 33.7 Å². The summed E-state index contributed by atoms with van der Waals surface area (Å²) in [6, 6.07) is 0.243. The van der Waals surface area contributed by atoms with Gasteiger partial charge in [-0.25, -0.2) is 0 Å². The molecule has 2 aliphatic rings. The molecule has 4 nitrogen and oxygen atoms in total. The largest absolute Gasteiger partial charge is 0.481 e. The molecule has 1 saturated heterocycles. The molecule has 2 atom stereocenters. The highest BCUT2D eigenvalue weighted by atomic mass is 16.4. The van der Waals surface area contributed by atoms with Crippen LogP contribution in [0.3, 0.4) is 0 Å². The van der Waals surface area contributed by atoms with Crippen LogP contribution < -0.4 is 0 Å². The van der Waals surface area contributed by atoms with Gasteiger partial charge in [-0.1, -0.05) is 19.3 Å². The maximum absolute atomic E-state index is 11.5. The van der Waals surface area contributed by atoms with Crippen LogP contribution in [-0.4, -0.2) is 59.1 Å². The molecule has 0 bridgehead atoms. The summed E-state index contributed by atoms with van der Waals surface area (Å²) in [7, 11) is 2.17. The fourth-order valence-electron chi connectivity index (χ4n) is 3.57. The van der Waals surface area contributed by atoms with Crippen molar-refractivity contribution in [3.8, 4) is 0 Å². The second kappa shape index (κ2) is 5.80. The van der Waals surface area contributed by atoms with E-state index in [0.717, 1.165) is 38.9 Å². The van der Waals surface area contributed by atoms with Crippen molar-refractivity contribution in [3.63, 3.8) is 0 Å². The summed E-state index contributed by atoms with van der Waals surface area (Å²) in [6.45, 7) is 7.54. The van der Waals surface area contributed by atoms with Gasteiger partial charge < -0.3 is 5.11 Å². The molecule has 110 valence electrons. The lowest BCUT2D eigenvalue weighted by atomic mass is 9.90. The minimum Gasteiger partial charge on any atom is -0.481 e. The molecule has 0 aromatic heterocycles. The van der Waals surface area contributed by atoms with E-state index in [0.29, 0.717) is 0 Å². The van der Waals surface area contributed by atoms with Gasteiger partial charge in [-0.2, -0.15) is 0 Å². The highest BCUT2D eigenvalue weighted by Crippen LogP contribution is 2.31. The van der Waals surface area contributed by atoms with Crippen LogP contribution in [0.5, 0.6) is 0 Å². The van der Waals surface area contributed by atoms with Crippen molar-refractivity contribution in [3.05, 3.63) is 0 Å². The third-order valence-corrected chi connectivity index (χ3v) is 5.11. The average molecular weight is 268 g/mol. The fourth-order valence-corrected chi connectivity index (χ4v) is 3.57. The lowest BCUT2D eigenvalue weighted by Crippen LogP contribution is -2.61. The van der Waals surface area contributed by atoms with Gasteiger partial charge in [0, 0.05) is 31.2 Å². The molecule has 4 heteroatoms. The molecule has 0 spiro atoms. The van der Waals surface area contributed by atoms with Crippen LogP contribution in [-0.2, 0) is 4.79 Å². The Labute approximate surface area is 116 Å². The van der Waals surface area contributed by atoms with E-state index in [1.54, 1.807) is 0 Å². The SMILES string of the molecule is CN1CCN(C2CCCCCC2C(=O)O)CC1(C)C. The zero-order valence-corrected chi connectivity index (χ0v) is 12.6. The Morgan fingerprint density at radius 1 is 1.16 bits per heavy atom. The van der Waals surface area contributed by atoms with E-state index in [-0.39, 0.29) is 17.5 Å². The maximum Gasteiger partial charge on any atom is 0.308 e. The molecule has 1 heterocycles. The molecular formula is C15H28N2O2. The Morgan fingerprint density at radius 2 is 1.84 bits per heavy atom. The molecule has 0 aromatic rings. The number of carboxylic acid groups (broad SMARTS) is 1. The Kier molecular flexibility index (Phi) is 4.51. The van der Waals surface area contributed by atoms with Crippen LogP contribution in [0.1, 0.15) is 46.0 Å². The molecule has 0 amide bonds. The molecule has 1 saturated carbocycles. The summed E-state index contributed by atoms with van der Waals surface area (Å²) in [6.07, 6.45) is 5.35. The number of likely N-dealkylation sites (N-methyl/N-ethyl adjacent to an activating group) is 1. The monoisotopic (exact) mass is 268 g/mol. The highest BCUT2D eigenvalue weighted by molar-refractivity contribution is 5.71. The number of carbonyl (C=O) groups is 1. The van der Waals surface area contributed by atoms with Gasteiger partial charge in [0.2, 0.25) is 0 Å². The first-order valence-corrected chi connectivity index (χ1v) is 7.60. The molecular weight excluding hydrogens is 240 g/mol. The first-order chi connectivity index (χ1) is 8.92. The molecule has 0 radical (unpaired) electrons. The van der Waals surface area contributed by atoms with E-state index < -0.39 is 5.97 Å². The smallest absolute Gasteiger partial charge is 0.308 e. The quantitative estimate of drug-likeness (QED) is 0.778. The third-order valence-electron chi connectivity index (χ3n) is 5.11. The van der Waals surface area contributed by atoms with Gasteiger partial charge in [0.15, 0.2) is 0 Å². The molecule has 0 aromatic carbocycles. The van der Waals surface area contributed by atoms with E-state index in [9.17, 15) is 9.90 Å². The van der Waals surface area contributed by atoms with Crippen molar-refractivity contribution in [2.24, 2.45) is 5.92 Å². The fraction of sp³-hybridized carbons (Fsp3) is 0.933. The van der Waals surface area contributed by atoms with Crippen molar-refractivity contribution < 1.29 is 9.90 Å². The molecule has 2 fully saturated rings. The minimum atomic E-state index is -0.594. The van der Waals surface area contributed by atoms with E-state index in [2.05, 4.69) is 30.7 Å². The van der Waals surface area contributed by atoms with Crippen molar-refractivity contribution in [1.29, 1.82) is 0 Å². The van der Waals surface area contributed by atoms with E-state index >= 15 is 0 Å². The number of carboxylic acids is 1. The molecule has 19 heavy (non-hydrogen) atoms. The number of aliphatic carboxylic acids is 1. The highest BCUT2D eigenvalue weighted by Gasteiger charge is 2.39. The van der Waals surface area contributed by atoms with Crippen molar-refractivity contribution in [2.45, 2.75) is 57.5 Å². The maximum atomic E-state index is 11.5. The summed E-state index contributed by atoms with van der Waals surface area (Å²) in [5.41, 5.74) is 0.146. The van der Waals surface area contributed by atoms with E-state index in [1.807, 2.05) is 0 Å². The third kappa shape index (κ3) is 3.29. The summed E-state index contributed by atoms with van der Waals surface area (Å²) >= 11 is 0. The predicted molar refractivity (Wildman–Crippen MR) is 76.3 cm³/mol. The number of hydrogen-bond donors (Lipinski definition) is 1. The Balaban J connectivity index is 2.11. The van der Waals surface area contributed by atoms with Gasteiger partial charge in [0.25, 0.3) is 0 Å². The van der Waals surface area contributed by atoms with Crippen LogP contribution >= 0.6 is 0 Å². The second-order valence-electron chi connectivity index (χ2n) is 6.85. The van der Waals surface area contributed by atoms with Crippen molar-refractivity contribution >= 4 is 5.97 Å². The minimum absolute atomic E-state index is 0.146. The number of rotatable bonds is 2. The van der Waals surface area contributed by atoms with Gasteiger partial charge >= 0.3 is 5.97 Å². The summed E-state index contributed by atoms with van der Waals surface area (Å²) in [5.74, 6) is -0.759. The zero-order valence-electron chi connectivity index (χ0n) is 12.6. The lowest BCUT2D eigenvalue weighted by molar-refractivity contribution is -0.145. The van der Waals surface area contributed by atoms with Gasteiger partial charge in [-0.15, -0.1) is 0 Å². The van der Waals surface area contributed by atoms with Gasteiger partial charge in [-0.3, -0.25) is 14.6 Å². The molecule has 2 rings (SSSR count).